The third-order valence-electron chi connectivity index (χ3n) is 1.90. The molecule has 2 atom stereocenters. The first-order chi connectivity index (χ1) is 5.79. The summed E-state index contributed by atoms with van der Waals surface area (Å²) in [5, 5.41) is -2.51. The molecule has 1 saturated heterocycles. The fraction of sp³-hybridized carbons (Fsp3) is 1.00. The van der Waals surface area contributed by atoms with Crippen molar-refractivity contribution in [2.75, 3.05) is 13.1 Å². The van der Waals surface area contributed by atoms with Crippen LogP contribution in [0.15, 0.2) is 0 Å². The average Bonchev–Trinajstić information content (AvgIpc) is 2.19. The van der Waals surface area contributed by atoms with E-state index in [0.29, 0.717) is 0 Å². The van der Waals surface area contributed by atoms with Crippen molar-refractivity contribution in [2.45, 2.75) is 29.8 Å². The van der Waals surface area contributed by atoms with Crippen molar-refractivity contribution in [3.05, 3.63) is 0 Å². The number of rotatable bonds is 2. The number of hydrogen-bond donors (Lipinski definition) is 2. The van der Waals surface area contributed by atoms with Crippen molar-refractivity contribution >= 4 is 23.2 Å². The molecule has 88 valence electrons. The van der Waals surface area contributed by atoms with Crippen molar-refractivity contribution in [1.29, 1.82) is 0 Å². The van der Waals surface area contributed by atoms with E-state index in [2.05, 4.69) is 0 Å². The molecular formula is C7H14Cl2N2O2Pt. The molecule has 1 aliphatic rings. The minimum atomic E-state index is -1.26. The van der Waals surface area contributed by atoms with Crippen LogP contribution >= 0.6 is 23.2 Å². The van der Waals surface area contributed by atoms with E-state index in [1.165, 1.54) is 0 Å². The topological polar surface area (TPSA) is 70.5 Å². The molecule has 1 fully saturated rings. The van der Waals surface area contributed by atoms with Crippen LogP contribution in [0.25, 0.3) is 0 Å². The molecule has 0 bridgehead atoms. The standard InChI is InChI=1S/C7H14Cl2N2O2.Pt/c1-5(2)12-6(8,3-10)7(9,4-11)13-5;/h3-4,10-11H2,1-2H3;/t6-,7-;/m1./s1. The molecule has 1 rings (SSSR count). The van der Waals surface area contributed by atoms with Gasteiger partial charge in [0.05, 0.1) is 0 Å². The van der Waals surface area contributed by atoms with E-state index in [-0.39, 0.29) is 34.2 Å². The molecule has 0 aliphatic carbocycles. The van der Waals surface area contributed by atoms with Crippen LogP contribution in [0.3, 0.4) is 0 Å². The van der Waals surface area contributed by atoms with Gasteiger partial charge in [-0.2, -0.15) is 0 Å². The van der Waals surface area contributed by atoms with Crippen LogP contribution in [0.1, 0.15) is 13.8 Å². The van der Waals surface area contributed by atoms with E-state index < -0.39 is 15.9 Å². The van der Waals surface area contributed by atoms with E-state index in [0.717, 1.165) is 0 Å². The zero-order chi connectivity index (χ0) is 10.3. The van der Waals surface area contributed by atoms with Crippen molar-refractivity contribution < 1.29 is 30.5 Å². The molecule has 1 aliphatic heterocycles. The van der Waals surface area contributed by atoms with Gasteiger partial charge in [0.15, 0.2) is 5.79 Å². The third-order valence-corrected chi connectivity index (χ3v) is 3.07. The molecule has 0 aromatic heterocycles. The molecule has 4 N–H and O–H groups in total. The average molecular weight is 424 g/mol. The molecule has 0 amide bonds. The summed E-state index contributed by atoms with van der Waals surface area (Å²) in [4.78, 5) is 0. The van der Waals surface area contributed by atoms with Gasteiger partial charge in [0, 0.05) is 34.2 Å². The van der Waals surface area contributed by atoms with Gasteiger partial charge in [0.2, 0.25) is 10.1 Å². The van der Waals surface area contributed by atoms with E-state index in [4.69, 9.17) is 44.1 Å². The Morgan fingerprint density at radius 1 is 1.00 bits per heavy atom. The van der Waals surface area contributed by atoms with Crippen LogP contribution in [0.2, 0.25) is 0 Å². The van der Waals surface area contributed by atoms with Crippen molar-refractivity contribution in [2.24, 2.45) is 11.5 Å². The molecule has 14 heavy (non-hydrogen) atoms. The summed E-state index contributed by atoms with van der Waals surface area (Å²) in [5.74, 6) is -0.859. The third kappa shape index (κ3) is 2.43. The predicted molar refractivity (Wildman–Crippen MR) is 51.5 cm³/mol. The molecule has 0 unspecified atom stereocenters. The van der Waals surface area contributed by atoms with Gasteiger partial charge in [-0.1, -0.05) is 23.2 Å². The van der Waals surface area contributed by atoms with Crippen LogP contribution in [-0.2, 0) is 30.5 Å². The summed E-state index contributed by atoms with van der Waals surface area (Å²) in [7, 11) is 0. The fourth-order valence-corrected chi connectivity index (χ4v) is 1.94. The van der Waals surface area contributed by atoms with Gasteiger partial charge in [-0.05, 0) is 13.8 Å². The van der Waals surface area contributed by atoms with Crippen molar-refractivity contribution in [3.8, 4) is 0 Å². The molecule has 4 nitrogen and oxygen atoms in total. The van der Waals surface area contributed by atoms with Crippen molar-refractivity contribution in [1.82, 2.24) is 0 Å². The Kier molecular flexibility index (Phi) is 4.90. The summed E-state index contributed by atoms with van der Waals surface area (Å²) in [6, 6.07) is 0. The number of alkyl halides is 2. The second-order valence-corrected chi connectivity index (χ2v) is 4.69. The first-order valence-electron chi connectivity index (χ1n) is 3.97. The largest absolute Gasteiger partial charge is 0.327 e. The first-order valence-corrected chi connectivity index (χ1v) is 4.72. The van der Waals surface area contributed by atoms with E-state index in [1.807, 2.05) is 0 Å². The van der Waals surface area contributed by atoms with E-state index in [1.54, 1.807) is 13.8 Å². The Morgan fingerprint density at radius 2 is 1.29 bits per heavy atom. The Bertz CT molecular complexity index is 200. The molecule has 0 spiro atoms. The molecule has 0 aromatic rings. The van der Waals surface area contributed by atoms with Crippen molar-refractivity contribution in [3.63, 3.8) is 0 Å². The second-order valence-electron chi connectivity index (χ2n) is 3.47. The van der Waals surface area contributed by atoms with Gasteiger partial charge >= 0.3 is 0 Å². The van der Waals surface area contributed by atoms with Gasteiger partial charge < -0.3 is 20.9 Å². The van der Waals surface area contributed by atoms with E-state index in [9.17, 15) is 0 Å². The minimum absolute atomic E-state index is 0. The van der Waals surface area contributed by atoms with Crippen LogP contribution in [0.5, 0.6) is 0 Å². The summed E-state index contributed by atoms with van der Waals surface area (Å²) < 4.78 is 10.8. The van der Waals surface area contributed by atoms with E-state index >= 15 is 0 Å². The SMILES string of the molecule is CC1(C)O[C@](Cl)(CN)[C@@](Cl)(CN)O1.[Pt]. The molecule has 0 saturated carbocycles. The summed E-state index contributed by atoms with van der Waals surface area (Å²) in [5.41, 5.74) is 10.9. The smallest absolute Gasteiger partial charge is 0.201 e. The summed E-state index contributed by atoms with van der Waals surface area (Å²) >= 11 is 12.1. The normalized spacial score (nSPS) is 40.7. The summed E-state index contributed by atoms with van der Waals surface area (Å²) in [6.07, 6.45) is 0. The van der Waals surface area contributed by atoms with Gasteiger partial charge in [0.1, 0.15) is 0 Å². The van der Waals surface area contributed by atoms with Crippen LogP contribution in [0.4, 0.5) is 0 Å². The predicted octanol–water partition coefficient (Wildman–Crippen LogP) is 0.554. The van der Waals surface area contributed by atoms with Gasteiger partial charge in [-0.25, -0.2) is 0 Å². The Balaban J connectivity index is 0.00000169. The van der Waals surface area contributed by atoms with Crippen LogP contribution < -0.4 is 11.5 Å². The first kappa shape index (κ1) is 15.1. The quantitative estimate of drug-likeness (QED) is 0.636. The number of hydrogen-bond acceptors (Lipinski definition) is 4. The number of nitrogens with two attached hydrogens (primary N) is 2. The maximum atomic E-state index is 6.06. The molecule has 7 heteroatoms. The summed E-state index contributed by atoms with van der Waals surface area (Å²) in [6.45, 7) is 3.50. The molecule has 0 aromatic carbocycles. The molecule has 1 heterocycles. The second kappa shape index (κ2) is 4.54. The Labute approximate surface area is 108 Å². The minimum Gasteiger partial charge on any atom is -0.327 e. The van der Waals surface area contributed by atoms with Gasteiger partial charge in [0.25, 0.3) is 0 Å². The maximum Gasteiger partial charge on any atom is 0.201 e. The van der Waals surface area contributed by atoms with Crippen LogP contribution in [-0.4, -0.2) is 29.0 Å². The Morgan fingerprint density at radius 3 is 1.50 bits per heavy atom. The number of halogens is 2. The van der Waals surface area contributed by atoms with Crippen LogP contribution in [0, 0.1) is 0 Å². The monoisotopic (exact) mass is 423 g/mol. The fourth-order valence-electron chi connectivity index (χ4n) is 1.34. The van der Waals surface area contributed by atoms with Gasteiger partial charge in [-0.15, -0.1) is 0 Å². The molecular weight excluding hydrogens is 410 g/mol. The van der Waals surface area contributed by atoms with Gasteiger partial charge in [-0.3, -0.25) is 0 Å². The number of ether oxygens (including phenoxy) is 2. The Hall–Kier alpha value is 1.11. The zero-order valence-electron chi connectivity index (χ0n) is 7.96. The molecule has 0 radical (unpaired) electrons. The maximum absolute atomic E-state index is 6.06. The zero-order valence-corrected chi connectivity index (χ0v) is 11.7.